The molecule has 0 saturated carbocycles. The van der Waals surface area contributed by atoms with Gasteiger partial charge in [-0.05, 0) is 42.8 Å². The van der Waals surface area contributed by atoms with Crippen molar-refractivity contribution < 1.29 is 18.7 Å². The van der Waals surface area contributed by atoms with E-state index in [-0.39, 0.29) is 21.9 Å². The molecule has 2 aliphatic heterocycles. The second-order valence-electron chi connectivity index (χ2n) is 8.41. The number of aromatic nitrogens is 1. The van der Waals surface area contributed by atoms with Crippen LogP contribution in [-0.2, 0) is 9.53 Å². The molecule has 10 heteroatoms. The fourth-order valence-corrected chi connectivity index (χ4v) is 4.40. The third-order valence-electron chi connectivity index (χ3n) is 5.25. The lowest BCUT2D eigenvalue weighted by Gasteiger charge is -2.47. The standard InChI is InChI=1S/C20H21BrClFN4O3/c1-20(2,3)30-19(29)26-5-6-27-13(9-26)18(28)25(4)12-8-24-16-10(17(12)27)7-11(23)14(21)15(16)22/h7-8,13H,5-6,9H2,1-4H3/t13-/m1/s1. The third-order valence-corrected chi connectivity index (χ3v) is 6.62. The van der Waals surface area contributed by atoms with Gasteiger partial charge in [-0.25, -0.2) is 9.18 Å². The van der Waals surface area contributed by atoms with Gasteiger partial charge in [0.05, 0.1) is 39.1 Å². The number of halogens is 3. The molecule has 1 fully saturated rings. The van der Waals surface area contributed by atoms with Gasteiger partial charge in [0.15, 0.2) is 0 Å². The summed E-state index contributed by atoms with van der Waals surface area (Å²) in [7, 11) is 1.65. The molecule has 1 saturated heterocycles. The van der Waals surface area contributed by atoms with Gasteiger partial charge in [0.2, 0.25) is 0 Å². The van der Waals surface area contributed by atoms with Crippen molar-refractivity contribution in [1.29, 1.82) is 0 Å². The Morgan fingerprint density at radius 1 is 1.37 bits per heavy atom. The van der Waals surface area contributed by atoms with Crippen LogP contribution in [-0.4, -0.2) is 60.2 Å². The molecule has 0 unspecified atom stereocenters. The number of carbonyl (C=O) groups is 2. The van der Waals surface area contributed by atoms with E-state index in [1.807, 2.05) is 4.90 Å². The Labute approximate surface area is 186 Å². The summed E-state index contributed by atoms with van der Waals surface area (Å²) in [5.74, 6) is -0.674. The summed E-state index contributed by atoms with van der Waals surface area (Å²) in [6.45, 7) is 6.34. The number of hydrogen-bond donors (Lipinski definition) is 0. The van der Waals surface area contributed by atoms with E-state index in [2.05, 4.69) is 20.9 Å². The zero-order chi connectivity index (χ0) is 22.0. The Bertz CT molecular complexity index is 1070. The van der Waals surface area contributed by atoms with Crippen molar-refractivity contribution in [2.75, 3.05) is 36.5 Å². The second kappa shape index (κ2) is 7.23. The molecule has 3 heterocycles. The fourth-order valence-electron chi connectivity index (χ4n) is 3.86. The normalized spacial score (nSPS) is 19.1. The molecule has 2 aromatic rings. The minimum absolute atomic E-state index is 0.149. The maximum Gasteiger partial charge on any atom is 0.410 e. The number of piperazine rings is 1. The number of nitrogens with zero attached hydrogens (tertiary/aromatic N) is 4. The molecule has 0 aliphatic carbocycles. The minimum atomic E-state index is -0.627. The van der Waals surface area contributed by atoms with Gasteiger partial charge in [-0.3, -0.25) is 9.78 Å². The number of rotatable bonds is 0. The SMILES string of the molecule is CN1C(=O)[C@H]2CN(C(=O)OC(C)(C)C)CCN2c2c1cnc1c(Cl)c(Br)c(F)cc21. The Morgan fingerprint density at radius 3 is 2.73 bits per heavy atom. The van der Waals surface area contributed by atoms with Gasteiger partial charge in [-0.1, -0.05) is 11.6 Å². The van der Waals surface area contributed by atoms with E-state index in [9.17, 15) is 14.0 Å². The zero-order valence-corrected chi connectivity index (χ0v) is 19.3. The van der Waals surface area contributed by atoms with Crippen LogP contribution in [0.15, 0.2) is 16.7 Å². The summed E-state index contributed by atoms with van der Waals surface area (Å²) >= 11 is 9.47. The monoisotopic (exact) mass is 498 g/mol. The number of benzene rings is 1. The summed E-state index contributed by atoms with van der Waals surface area (Å²) in [6.07, 6.45) is 1.11. The molecule has 0 bridgehead atoms. The van der Waals surface area contributed by atoms with E-state index in [0.717, 1.165) is 0 Å². The molecule has 30 heavy (non-hydrogen) atoms. The second-order valence-corrected chi connectivity index (χ2v) is 9.58. The maximum atomic E-state index is 14.5. The fraction of sp³-hybridized carbons (Fsp3) is 0.450. The first-order valence-electron chi connectivity index (χ1n) is 9.48. The summed E-state index contributed by atoms with van der Waals surface area (Å²) < 4.78 is 20.1. The summed E-state index contributed by atoms with van der Waals surface area (Å²) in [5.41, 5.74) is 1.08. The van der Waals surface area contributed by atoms with Crippen LogP contribution in [0.5, 0.6) is 0 Å². The number of hydrogen-bond acceptors (Lipinski definition) is 5. The van der Waals surface area contributed by atoms with Crippen molar-refractivity contribution >= 4 is 61.8 Å². The molecular formula is C20H21BrClFN4O3. The van der Waals surface area contributed by atoms with Crippen molar-refractivity contribution in [3.05, 3.63) is 27.6 Å². The molecule has 1 aromatic carbocycles. The van der Waals surface area contributed by atoms with Crippen LogP contribution in [0.25, 0.3) is 10.9 Å². The summed E-state index contributed by atoms with van der Waals surface area (Å²) in [4.78, 5) is 34.9. The van der Waals surface area contributed by atoms with Crippen LogP contribution < -0.4 is 9.80 Å². The van der Waals surface area contributed by atoms with Crippen LogP contribution >= 0.6 is 27.5 Å². The highest BCUT2D eigenvalue weighted by molar-refractivity contribution is 9.10. The average molecular weight is 500 g/mol. The number of likely N-dealkylation sites (N-methyl/N-ethyl adjacent to an activating group) is 1. The third kappa shape index (κ3) is 3.37. The topological polar surface area (TPSA) is 66.0 Å². The Hall–Kier alpha value is -2.13. The van der Waals surface area contributed by atoms with Gasteiger partial charge in [0.25, 0.3) is 5.91 Å². The number of pyridine rings is 1. The molecule has 0 radical (unpaired) electrons. The molecule has 2 aliphatic rings. The molecule has 160 valence electrons. The lowest BCUT2D eigenvalue weighted by atomic mass is 10.0. The van der Waals surface area contributed by atoms with Crippen LogP contribution in [0.2, 0.25) is 5.02 Å². The largest absolute Gasteiger partial charge is 0.444 e. The highest BCUT2D eigenvalue weighted by Crippen LogP contribution is 2.44. The van der Waals surface area contributed by atoms with Gasteiger partial charge >= 0.3 is 6.09 Å². The van der Waals surface area contributed by atoms with Crippen LogP contribution in [0.3, 0.4) is 0 Å². The van der Waals surface area contributed by atoms with Crippen LogP contribution in [0, 0.1) is 5.82 Å². The van der Waals surface area contributed by atoms with Gasteiger partial charge in [-0.15, -0.1) is 0 Å². The predicted molar refractivity (Wildman–Crippen MR) is 117 cm³/mol. The molecule has 2 amide bonds. The minimum Gasteiger partial charge on any atom is -0.444 e. The smallest absolute Gasteiger partial charge is 0.410 e. The lowest BCUT2D eigenvalue weighted by molar-refractivity contribution is -0.120. The molecule has 0 spiro atoms. The molecule has 0 N–H and O–H groups in total. The Balaban J connectivity index is 1.78. The first kappa shape index (κ1) is 21.1. The number of anilines is 2. The van der Waals surface area contributed by atoms with Crippen molar-refractivity contribution in [2.24, 2.45) is 0 Å². The molecule has 4 rings (SSSR count). The van der Waals surface area contributed by atoms with Crippen molar-refractivity contribution in [3.63, 3.8) is 0 Å². The number of amides is 2. The predicted octanol–water partition coefficient (Wildman–Crippen LogP) is 4.19. The highest BCUT2D eigenvalue weighted by atomic mass is 79.9. The Morgan fingerprint density at radius 2 is 2.07 bits per heavy atom. The van der Waals surface area contributed by atoms with E-state index < -0.39 is 23.6 Å². The van der Waals surface area contributed by atoms with Crippen LogP contribution in [0.1, 0.15) is 20.8 Å². The Kier molecular flexibility index (Phi) is 5.09. The van der Waals surface area contributed by atoms with Crippen molar-refractivity contribution in [2.45, 2.75) is 32.4 Å². The highest BCUT2D eigenvalue weighted by Gasteiger charge is 2.43. The quantitative estimate of drug-likeness (QED) is 0.509. The summed E-state index contributed by atoms with van der Waals surface area (Å²) in [6, 6.07) is 0.762. The lowest BCUT2D eigenvalue weighted by Crippen LogP contribution is -2.63. The van der Waals surface area contributed by atoms with E-state index in [1.165, 1.54) is 15.9 Å². The van der Waals surface area contributed by atoms with Crippen molar-refractivity contribution in [3.8, 4) is 0 Å². The van der Waals surface area contributed by atoms with E-state index in [0.29, 0.717) is 35.4 Å². The van der Waals surface area contributed by atoms with Gasteiger partial charge in [-0.2, -0.15) is 0 Å². The first-order chi connectivity index (χ1) is 14.0. The number of ether oxygens (including phenoxy) is 1. The zero-order valence-electron chi connectivity index (χ0n) is 17.0. The molecule has 1 atom stereocenters. The van der Waals surface area contributed by atoms with E-state index >= 15 is 0 Å². The molecule has 1 aromatic heterocycles. The van der Waals surface area contributed by atoms with E-state index in [1.54, 1.807) is 34.0 Å². The molecular weight excluding hydrogens is 479 g/mol. The van der Waals surface area contributed by atoms with Crippen molar-refractivity contribution in [1.82, 2.24) is 9.88 Å². The number of fused-ring (bicyclic) bond motifs is 5. The number of carbonyl (C=O) groups excluding carboxylic acids is 2. The maximum absolute atomic E-state index is 14.5. The van der Waals surface area contributed by atoms with E-state index in [4.69, 9.17) is 16.3 Å². The van der Waals surface area contributed by atoms with Crippen LogP contribution in [0.4, 0.5) is 20.6 Å². The average Bonchev–Trinajstić information content (AvgIpc) is 2.68. The summed E-state index contributed by atoms with van der Waals surface area (Å²) in [5, 5.41) is 0.699. The first-order valence-corrected chi connectivity index (χ1v) is 10.6. The molecule has 7 nitrogen and oxygen atoms in total. The van der Waals surface area contributed by atoms with Gasteiger partial charge in [0.1, 0.15) is 17.5 Å². The van der Waals surface area contributed by atoms with Gasteiger partial charge in [0, 0.05) is 25.5 Å². The van der Waals surface area contributed by atoms with Gasteiger partial charge < -0.3 is 19.4 Å².